The van der Waals surface area contributed by atoms with Crippen LogP contribution in [-0.4, -0.2) is 51.0 Å². The summed E-state index contributed by atoms with van der Waals surface area (Å²) < 4.78 is 27.5. The van der Waals surface area contributed by atoms with E-state index in [0.717, 1.165) is 12.8 Å². The van der Waals surface area contributed by atoms with Gasteiger partial charge in [0.1, 0.15) is 5.69 Å². The number of nitrogens with zero attached hydrogens (tertiary/aromatic N) is 1. The molecule has 0 unspecified atom stereocenters. The number of aromatic nitrogens is 1. The zero-order chi connectivity index (χ0) is 14.8. The maximum Gasteiger partial charge on any atom is 0.270 e. The van der Waals surface area contributed by atoms with Crippen LogP contribution in [0.2, 0.25) is 0 Å². The molecule has 0 bridgehead atoms. The van der Waals surface area contributed by atoms with E-state index in [9.17, 15) is 13.2 Å². The zero-order valence-corrected chi connectivity index (χ0v) is 12.1. The molecule has 1 aliphatic heterocycles. The van der Waals surface area contributed by atoms with Crippen molar-refractivity contribution in [3.8, 4) is 0 Å². The second kappa shape index (κ2) is 5.94. The number of H-pyrrole nitrogens is 1. The average molecular weight is 301 g/mol. The molecule has 1 amide bonds. The molecule has 1 saturated heterocycles. The molecule has 1 fully saturated rings. The van der Waals surface area contributed by atoms with Crippen LogP contribution in [0.4, 0.5) is 0 Å². The van der Waals surface area contributed by atoms with Gasteiger partial charge in [-0.2, -0.15) is 0 Å². The highest BCUT2D eigenvalue weighted by atomic mass is 32.2. The Morgan fingerprint density at radius 3 is 2.65 bits per heavy atom. The summed E-state index contributed by atoms with van der Waals surface area (Å²) in [7, 11) is -2.11. The normalized spacial score (nSPS) is 17.4. The van der Waals surface area contributed by atoms with Gasteiger partial charge in [-0.05, 0) is 24.8 Å². The Kier molecular flexibility index (Phi) is 4.46. The van der Waals surface area contributed by atoms with Crippen molar-refractivity contribution in [2.75, 3.05) is 26.8 Å². The van der Waals surface area contributed by atoms with E-state index in [1.54, 1.807) is 12.0 Å². The van der Waals surface area contributed by atoms with E-state index in [1.807, 2.05) is 0 Å². The highest BCUT2D eigenvalue weighted by Gasteiger charge is 2.25. The number of hydrogen-bond acceptors (Lipinski definition) is 4. The minimum atomic E-state index is -3.78. The van der Waals surface area contributed by atoms with Crippen LogP contribution in [0.5, 0.6) is 0 Å². The standard InChI is InChI=1S/C12H19N3O4S/c1-19-8-9-2-4-15(5-3-9)12(16)11-6-10(7-14-11)20(13,17)18/h6-7,9,14H,2-5,8H2,1H3,(H2,13,17,18). The third-order valence-corrected chi connectivity index (χ3v) is 4.41. The fourth-order valence-electron chi connectivity index (χ4n) is 2.37. The van der Waals surface area contributed by atoms with Gasteiger partial charge < -0.3 is 14.6 Å². The SMILES string of the molecule is COCC1CCN(C(=O)c2cc(S(N)(=O)=O)c[nH]2)CC1. The van der Waals surface area contributed by atoms with Crippen molar-refractivity contribution in [1.29, 1.82) is 0 Å². The third kappa shape index (κ3) is 3.38. The molecule has 8 heteroatoms. The van der Waals surface area contributed by atoms with Crippen molar-refractivity contribution >= 4 is 15.9 Å². The monoisotopic (exact) mass is 301 g/mol. The van der Waals surface area contributed by atoms with E-state index >= 15 is 0 Å². The van der Waals surface area contributed by atoms with Crippen LogP contribution in [0.1, 0.15) is 23.3 Å². The number of piperidine rings is 1. The number of carbonyl (C=O) groups excluding carboxylic acids is 1. The molecule has 3 N–H and O–H groups in total. The van der Waals surface area contributed by atoms with Gasteiger partial charge >= 0.3 is 0 Å². The predicted octanol–water partition coefficient (Wildman–Crippen LogP) is 0.161. The molecule has 0 aromatic carbocycles. The average Bonchev–Trinajstić information content (AvgIpc) is 2.89. The Hall–Kier alpha value is -1.38. The minimum absolute atomic E-state index is 0.0740. The number of nitrogens with one attached hydrogen (secondary N) is 1. The van der Waals surface area contributed by atoms with E-state index in [-0.39, 0.29) is 16.5 Å². The number of likely N-dealkylation sites (tertiary alicyclic amines) is 1. The lowest BCUT2D eigenvalue weighted by molar-refractivity contribution is 0.0609. The lowest BCUT2D eigenvalue weighted by atomic mass is 9.97. The first kappa shape index (κ1) is 15.0. The maximum absolute atomic E-state index is 12.2. The van der Waals surface area contributed by atoms with Crippen LogP contribution in [0.3, 0.4) is 0 Å². The Balaban J connectivity index is 2.00. The summed E-state index contributed by atoms with van der Waals surface area (Å²) in [6.45, 7) is 2.01. The molecule has 0 radical (unpaired) electrons. The van der Waals surface area contributed by atoms with Crippen LogP contribution in [-0.2, 0) is 14.8 Å². The molecule has 0 spiro atoms. The first-order valence-corrected chi connectivity index (χ1v) is 7.96. The van der Waals surface area contributed by atoms with Gasteiger partial charge in [-0.25, -0.2) is 13.6 Å². The van der Waals surface area contributed by atoms with E-state index in [1.165, 1.54) is 12.3 Å². The zero-order valence-electron chi connectivity index (χ0n) is 11.3. The van der Waals surface area contributed by atoms with Gasteiger partial charge in [0, 0.05) is 33.0 Å². The Morgan fingerprint density at radius 1 is 1.50 bits per heavy atom. The summed E-state index contributed by atoms with van der Waals surface area (Å²) >= 11 is 0. The first-order valence-electron chi connectivity index (χ1n) is 6.41. The summed E-state index contributed by atoms with van der Waals surface area (Å²) in [5.74, 6) is 0.281. The molecule has 2 rings (SSSR count). The number of aromatic amines is 1. The highest BCUT2D eigenvalue weighted by molar-refractivity contribution is 7.89. The second-order valence-electron chi connectivity index (χ2n) is 4.98. The van der Waals surface area contributed by atoms with Gasteiger partial charge in [0.2, 0.25) is 10.0 Å². The Bertz CT molecular complexity index is 573. The van der Waals surface area contributed by atoms with E-state index in [4.69, 9.17) is 9.88 Å². The third-order valence-electron chi connectivity index (χ3n) is 3.52. The van der Waals surface area contributed by atoms with Crippen molar-refractivity contribution in [1.82, 2.24) is 9.88 Å². The smallest absolute Gasteiger partial charge is 0.270 e. The number of carbonyl (C=O) groups is 1. The quantitative estimate of drug-likeness (QED) is 0.826. The van der Waals surface area contributed by atoms with Crippen LogP contribution >= 0.6 is 0 Å². The number of ether oxygens (including phenoxy) is 1. The number of nitrogens with two attached hydrogens (primary N) is 1. The lowest BCUT2D eigenvalue weighted by Gasteiger charge is -2.31. The van der Waals surface area contributed by atoms with Crippen molar-refractivity contribution in [2.24, 2.45) is 11.1 Å². The van der Waals surface area contributed by atoms with Gasteiger partial charge in [0.05, 0.1) is 4.90 Å². The van der Waals surface area contributed by atoms with Crippen LogP contribution in [0.15, 0.2) is 17.2 Å². The van der Waals surface area contributed by atoms with Crippen molar-refractivity contribution < 1.29 is 17.9 Å². The van der Waals surface area contributed by atoms with Gasteiger partial charge in [-0.15, -0.1) is 0 Å². The summed E-state index contributed by atoms with van der Waals surface area (Å²) in [4.78, 5) is 16.5. The molecule has 1 aliphatic rings. The van der Waals surface area contributed by atoms with Crippen LogP contribution in [0.25, 0.3) is 0 Å². The van der Waals surface area contributed by atoms with E-state index < -0.39 is 10.0 Å². The molecule has 112 valence electrons. The van der Waals surface area contributed by atoms with Crippen LogP contribution < -0.4 is 5.14 Å². The molecule has 2 heterocycles. The second-order valence-corrected chi connectivity index (χ2v) is 6.55. The molecule has 0 aliphatic carbocycles. The molecule has 20 heavy (non-hydrogen) atoms. The summed E-state index contributed by atoms with van der Waals surface area (Å²) in [6.07, 6.45) is 3.02. The first-order chi connectivity index (χ1) is 9.41. The van der Waals surface area contributed by atoms with Crippen molar-refractivity contribution in [3.63, 3.8) is 0 Å². The number of hydrogen-bond donors (Lipinski definition) is 2. The molecule has 0 atom stereocenters. The summed E-state index contributed by atoms with van der Waals surface area (Å²) in [5, 5.41) is 5.01. The van der Waals surface area contributed by atoms with Crippen LogP contribution in [0, 0.1) is 5.92 Å². The number of amides is 1. The van der Waals surface area contributed by atoms with Gasteiger partial charge in [0.15, 0.2) is 0 Å². The molecule has 1 aromatic heterocycles. The predicted molar refractivity (Wildman–Crippen MR) is 72.7 cm³/mol. The molecule has 7 nitrogen and oxygen atoms in total. The maximum atomic E-state index is 12.2. The number of rotatable bonds is 4. The van der Waals surface area contributed by atoms with E-state index in [2.05, 4.69) is 4.98 Å². The fraction of sp³-hybridized carbons (Fsp3) is 0.583. The molecule has 1 aromatic rings. The Labute approximate surface area is 118 Å². The minimum Gasteiger partial charge on any atom is -0.384 e. The topological polar surface area (TPSA) is 105 Å². The largest absolute Gasteiger partial charge is 0.384 e. The van der Waals surface area contributed by atoms with Gasteiger partial charge in [0.25, 0.3) is 5.91 Å². The van der Waals surface area contributed by atoms with Gasteiger partial charge in [-0.1, -0.05) is 0 Å². The van der Waals surface area contributed by atoms with Crippen molar-refractivity contribution in [3.05, 3.63) is 18.0 Å². The summed E-state index contributed by atoms with van der Waals surface area (Å²) in [6, 6.07) is 1.28. The number of methoxy groups -OCH3 is 1. The van der Waals surface area contributed by atoms with E-state index in [0.29, 0.717) is 25.6 Å². The molecule has 0 saturated carbocycles. The summed E-state index contributed by atoms with van der Waals surface area (Å²) in [5.41, 5.74) is 0.249. The highest BCUT2D eigenvalue weighted by Crippen LogP contribution is 2.19. The fourth-order valence-corrected chi connectivity index (χ4v) is 2.88. The molecular formula is C12H19N3O4S. The van der Waals surface area contributed by atoms with Crippen molar-refractivity contribution in [2.45, 2.75) is 17.7 Å². The number of sulfonamides is 1. The Morgan fingerprint density at radius 2 is 2.15 bits per heavy atom. The number of primary sulfonamides is 1. The molecular weight excluding hydrogens is 282 g/mol. The lowest BCUT2D eigenvalue weighted by Crippen LogP contribution is -2.39. The van der Waals surface area contributed by atoms with Gasteiger partial charge in [-0.3, -0.25) is 4.79 Å².